The summed E-state index contributed by atoms with van der Waals surface area (Å²) in [5.41, 5.74) is 0. The number of thioether (sulfide) groups is 1. The molecule has 3 heteroatoms. The molecule has 70 valence electrons. The van der Waals surface area contributed by atoms with Crippen LogP contribution < -0.4 is 5.32 Å². The van der Waals surface area contributed by atoms with Gasteiger partial charge in [-0.2, -0.15) is 0 Å². The summed E-state index contributed by atoms with van der Waals surface area (Å²) in [6.07, 6.45) is 3.79. The number of nitrogens with one attached hydrogen (secondary N) is 1. The summed E-state index contributed by atoms with van der Waals surface area (Å²) in [6, 6.07) is 0. The van der Waals surface area contributed by atoms with Crippen LogP contribution in [-0.4, -0.2) is 29.9 Å². The van der Waals surface area contributed by atoms with E-state index in [1.807, 2.05) is 0 Å². The SMILES string of the molecule is CC1CCNC2(CCCOC2)S1. The lowest BCUT2D eigenvalue weighted by molar-refractivity contribution is 0.0562. The fourth-order valence-corrected chi connectivity index (χ4v) is 3.60. The topological polar surface area (TPSA) is 21.3 Å². The average Bonchev–Trinajstić information content (AvgIpc) is 2.05. The Morgan fingerprint density at radius 2 is 2.50 bits per heavy atom. The Hall–Kier alpha value is 0.270. The molecule has 2 unspecified atom stereocenters. The van der Waals surface area contributed by atoms with Crippen molar-refractivity contribution in [3.63, 3.8) is 0 Å². The molecule has 0 bridgehead atoms. The molecule has 0 radical (unpaired) electrons. The molecule has 12 heavy (non-hydrogen) atoms. The second-order valence-corrected chi connectivity index (χ2v) is 5.62. The van der Waals surface area contributed by atoms with Crippen LogP contribution in [0.25, 0.3) is 0 Å². The lowest BCUT2D eigenvalue weighted by Crippen LogP contribution is -2.53. The Morgan fingerprint density at radius 3 is 3.17 bits per heavy atom. The molecular weight excluding hydrogens is 170 g/mol. The largest absolute Gasteiger partial charge is 0.379 e. The maximum atomic E-state index is 5.53. The first-order valence-corrected chi connectivity index (χ1v) is 5.69. The van der Waals surface area contributed by atoms with E-state index in [2.05, 4.69) is 24.0 Å². The molecule has 0 saturated carbocycles. The fraction of sp³-hybridized carbons (Fsp3) is 1.00. The predicted octanol–water partition coefficient (Wildman–Crippen LogP) is 1.61. The van der Waals surface area contributed by atoms with Gasteiger partial charge in [0.25, 0.3) is 0 Å². The summed E-state index contributed by atoms with van der Waals surface area (Å²) in [6.45, 7) is 5.35. The molecule has 0 amide bonds. The normalized spacial score (nSPS) is 43.2. The highest BCUT2D eigenvalue weighted by atomic mass is 32.2. The molecule has 1 spiro atoms. The van der Waals surface area contributed by atoms with Gasteiger partial charge in [0.2, 0.25) is 0 Å². The van der Waals surface area contributed by atoms with Gasteiger partial charge in [-0.25, -0.2) is 0 Å². The lowest BCUT2D eigenvalue weighted by atomic mass is 10.1. The second-order valence-electron chi connectivity index (χ2n) is 3.79. The molecule has 2 heterocycles. The molecule has 2 saturated heterocycles. The first-order valence-electron chi connectivity index (χ1n) is 4.81. The quantitative estimate of drug-likeness (QED) is 0.622. The van der Waals surface area contributed by atoms with E-state index in [0.29, 0.717) is 0 Å². The molecular formula is C9H17NOS. The molecule has 0 aliphatic carbocycles. The van der Waals surface area contributed by atoms with E-state index < -0.39 is 0 Å². The highest BCUT2D eigenvalue weighted by Gasteiger charge is 2.36. The molecule has 2 aliphatic heterocycles. The van der Waals surface area contributed by atoms with Gasteiger partial charge < -0.3 is 10.1 Å². The minimum atomic E-state index is 0.274. The van der Waals surface area contributed by atoms with Crippen molar-refractivity contribution in [2.45, 2.75) is 36.3 Å². The van der Waals surface area contributed by atoms with E-state index in [0.717, 1.165) is 25.0 Å². The van der Waals surface area contributed by atoms with Crippen molar-refractivity contribution >= 4 is 11.8 Å². The summed E-state index contributed by atoms with van der Waals surface area (Å²) in [5.74, 6) is 0. The zero-order valence-corrected chi connectivity index (χ0v) is 8.45. The molecule has 2 rings (SSSR count). The Bertz CT molecular complexity index is 151. The molecule has 0 aromatic heterocycles. The molecule has 2 aliphatic rings. The van der Waals surface area contributed by atoms with Crippen molar-refractivity contribution < 1.29 is 4.74 Å². The molecule has 2 fully saturated rings. The van der Waals surface area contributed by atoms with E-state index >= 15 is 0 Å². The summed E-state index contributed by atoms with van der Waals surface area (Å²) in [5, 5.41) is 4.40. The first-order chi connectivity index (χ1) is 5.81. The van der Waals surface area contributed by atoms with Crippen LogP contribution in [0.5, 0.6) is 0 Å². The van der Waals surface area contributed by atoms with Crippen molar-refractivity contribution in [1.29, 1.82) is 0 Å². The third kappa shape index (κ3) is 1.78. The van der Waals surface area contributed by atoms with E-state index in [1.54, 1.807) is 0 Å². The van der Waals surface area contributed by atoms with Gasteiger partial charge in [-0.3, -0.25) is 0 Å². The van der Waals surface area contributed by atoms with Crippen LogP contribution in [0, 0.1) is 0 Å². The third-order valence-electron chi connectivity index (χ3n) is 2.63. The van der Waals surface area contributed by atoms with Gasteiger partial charge in [-0.15, -0.1) is 11.8 Å². The lowest BCUT2D eigenvalue weighted by Gasteiger charge is -2.42. The van der Waals surface area contributed by atoms with Gasteiger partial charge in [-0.05, 0) is 25.8 Å². The van der Waals surface area contributed by atoms with Crippen LogP contribution >= 0.6 is 11.8 Å². The number of ether oxygens (including phenoxy) is 1. The minimum Gasteiger partial charge on any atom is -0.379 e. The Balaban J connectivity index is 1.97. The van der Waals surface area contributed by atoms with Crippen LogP contribution in [0.2, 0.25) is 0 Å². The number of hydrogen-bond donors (Lipinski definition) is 1. The maximum Gasteiger partial charge on any atom is 0.0885 e. The van der Waals surface area contributed by atoms with E-state index in [4.69, 9.17) is 4.74 Å². The number of rotatable bonds is 0. The van der Waals surface area contributed by atoms with Crippen molar-refractivity contribution in [2.75, 3.05) is 19.8 Å². The van der Waals surface area contributed by atoms with Crippen LogP contribution in [0.1, 0.15) is 26.2 Å². The van der Waals surface area contributed by atoms with Crippen LogP contribution in [0.15, 0.2) is 0 Å². The van der Waals surface area contributed by atoms with Gasteiger partial charge in [-0.1, -0.05) is 6.92 Å². The van der Waals surface area contributed by atoms with Gasteiger partial charge in [0.15, 0.2) is 0 Å². The smallest absolute Gasteiger partial charge is 0.0885 e. The summed E-state index contributed by atoms with van der Waals surface area (Å²) >= 11 is 2.07. The second kappa shape index (κ2) is 3.56. The van der Waals surface area contributed by atoms with Crippen LogP contribution in [0.3, 0.4) is 0 Å². The van der Waals surface area contributed by atoms with E-state index in [-0.39, 0.29) is 4.87 Å². The van der Waals surface area contributed by atoms with E-state index in [9.17, 15) is 0 Å². The Kier molecular flexibility index (Phi) is 2.63. The Morgan fingerprint density at radius 1 is 1.58 bits per heavy atom. The summed E-state index contributed by atoms with van der Waals surface area (Å²) < 4.78 is 5.53. The standard InChI is InChI=1S/C9H17NOS/c1-8-3-5-10-9(12-8)4-2-6-11-7-9/h8,10H,2-7H2,1H3. The highest BCUT2D eigenvalue weighted by Crippen LogP contribution is 2.37. The van der Waals surface area contributed by atoms with Crippen LogP contribution in [-0.2, 0) is 4.74 Å². The number of hydrogen-bond acceptors (Lipinski definition) is 3. The zero-order valence-electron chi connectivity index (χ0n) is 7.64. The molecule has 1 N–H and O–H groups in total. The minimum absolute atomic E-state index is 0.274. The van der Waals surface area contributed by atoms with Crippen molar-refractivity contribution in [1.82, 2.24) is 5.32 Å². The molecule has 2 atom stereocenters. The Labute approximate surface area is 78.4 Å². The van der Waals surface area contributed by atoms with Gasteiger partial charge in [0.05, 0.1) is 11.5 Å². The van der Waals surface area contributed by atoms with Gasteiger partial charge in [0.1, 0.15) is 0 Å². The summed E-state index contributed by atoms with van der Waals surface area (Å²) in [7, 11) is 0. The zero-order chi connectivity index (χ0) is 8.44. The summed E-state index contributed by atoms with van der Waals surface area (Å²) in [4.78, 5) is 0.274. The van der Waals surface area contributed by atoms with Crippen molar-refractivity contribution in [3.05, 3.63) is 0 Å². The third-order valence-corrected chi connectivity index (χ3v) is 4.18. The van der Waals surface area contributed by atoms with Crippen LogP contribution in [0.4, 0.5) is 0 Å². The predicted molar refractivity (Wildman–Crippen MR) is 52.5 cm³/mol. The van der Waals surface area contributed by atoms with E-state index in [1.165, 1.54) is 19.3 Å². The molecule has 2 nitrogen and oxygen atoms in total. The first kappa shape index (κ1) is 8.85. The average molecular weight is 187 g/mol. The van der Waals surface area contributed by atoms with Crippen molar-refractivity contribution in [2.24, 2.45) is 0 Å². The van der Waals surface area contributed by atoms with Crippen molar-refractivity contribution in [3.8, 4) is 0 Å². The van der Waals surface area contributed by atoms with Gasteiger partial charge in [0, 0.05) is 11.9 Å². The highest BCUT2D eigenvalue weighted by molar-refractivity contribution is 8.01. The van der Waals surface area contributed by atoms with Gasteiger partial charge >= 0.3 is 0 Å². The monoisotopic (exact) mass is 187 g/mol. The molecule has 0 aromatic rings. The fourth-order valence-electron chi connectivity index (χ4n) is 1.99. The molecule has 0 aromatic carbocycles. The maximum absolute atomic E-state index is 5.53.